The molecule has 0 saturated carbocycles. The molecule has 8 heteroatoms. The number of rotatable bonds is 6. The zero-order valence-corrected chi connectivity index (χ0v) is 15.1. The molecule has 1 aromatic carbocycles. The number of hydrogen-bond acceptors (Lipinski definition) is 6. The van der Waals surface area contributed by atoms with E-state index in [1.165, 1.54) is 17.3 Å². The fourth-order valence-electron chi connectivity index (χ4n) is 2.39. The monoisotopic (exact) mass is 357 g/mol. The minimum Gasteiger partial charge on any atom is -0.467 e. The summed E-state index contributed by atoms with van der Waals surface area (Å²) in [5.41, 5.74) is 3.15. The summed E-state index contributed by atoms with van der Waals surface area (Å²) in [6.07, 6.45) is 1.58. The average Bonchev–Trinajstić information content (AvgIpc) is 3.24. The number of aromatic nitrogens is 4. The van der Waals surface area contributed by atoms with Crippen LogP contribution in [0.15, 0.2) is 46.2 Å². The number of carbonyl (C=O) groups excluding carboxylic acids is 1. The minimum atomic E-state index is -0.342. The summed E-state index contributed by atoms with van der Waals surface area (Å²) in [4.78, 5) is 12.3. The Bertz CT molecular complexity index is 860. The summed E-state index contributed by atoms with van der Waals surface area (Å²) in [5, 5.41) is 15.0. The predicted octanol–water partition coefficient (Wildman–Crippen LogP) is 2.67. The Morgan fingerprint density at radius 1 is 1.36 bits per heavy atom. The zero-order valence-electron chi connectivity index (χ0n) is 14.3. The number of carbonyl (C=O) groups is 1. The molecule has 3 rings (SSSR count). The summed E-state index contributed by atoms with van der Waals surface area (Å²) in [7, 11) is 0. The van der Waals surface area contributed by atoms with Crippen LogP contribution in [-0.2, 0) is 11.3 Å². The third kappa shape index (κ3) is 4.08. The highest BCUT2D eigenvalue weighted by Gasteiger charge is 2.20. The number of nitrogens with one attached hydrogen (secondary N) is 1. The molecule has 0 saturated heterocycles. The summed E-state index contributed by atoms with van der Waals surface area (Å²) >= 11 is 1.31. The maximum absolute atomic E-state index is 12.3. The van der Waals surface area contributed by atoms with E-state index in [0.717, 1.165) is 11.3 Å². The molecule has 1 unspecified atom stereocenters. The van der Waals surface area contributed by atoms with Gasteiger partial charge in [-0.15, -0.1) is 5.10 Å². The summed E-state index contributed by atoms with van der Waals surface area (Å²) in [6, 6.07) is 9.67. The molecule has 0 radical (unpaired) electrons. The number of nitrogens with zero attached hydrogens (tertiary/aromatic N) is 4. The molecule has 130 valence electrons. The number of amides is 1. The first kappa shape index (κ1) is 17.2. The molecule has 0 bridgehead atoms. The summed E-state index contributed by atoms with van der Waals surface area (Å²) < 4.78 is 6.87. The number of aryl methyl sites for hydroxylation is 2. The van der Waals surface area contributed by atoms with Crippen LogP contribution in [0.25, 0.3) is 5.69 Å². The molecular formula is C17H19N5O2S. The van der Waals surface area contributed by atoms with Gasteiger partial charge >= 0.3 is 0 Å². The molecule has 2 aromatic heterocycles. The smallest absolute Gasteiger partial charge is 0.233 e. The molecule has 7 nitrogen and oxygen atoms in total. The van der Waals surface area contributed by atoms with E-state index in [2.05, 4.69) is 26.9 Å². The topological polar surface area (TPSA) is 85.8 Å². The number of benzene rings is 1. The second-order valence-electron chi connectivity index (χ2n) is 5.72. The van der Waals surface area contributed by atoms with Gasteiger partial charge in [0.05, 0.1) is 23.7 Å². The van der Waals surface area contributed by atoms with E-state index in [0.29, 0.717) is 17.5 Å². The van der Waals surface area contributed by atoms with Crippen molar-refractivity contribution >= 4 is 17.7 Å². The SMILES string of the molecule is Cc1ccc(-n2nnnc2SC(C)C(=O)NCc2ccco2)c(C)c1. The third-order valence-corrected chi connectivity index (χ3v) is 4.72. The van der Waals surface area contributed by atoms with E-state index < -0.39 is 0 Å². The quantitative estimate of drug-likeness (QED) is 0.683. The van der Waals surface area contributed by atoms with Gasteiger partial charge in [-0.3, -0.25) is 4.79 Å². The lowest BCUT2D eigenvalue weighted by Gasteiger charge is -2.12. The molecule has 2 heterocycles. The first-order valence-electron chi connectivity index (χ1n) is 7.87. The highest BCUT2D eigenvalue weighted by atomic mass is 32.2. The van der Waals surface area contributed by atoms with Crippen LogP contribution in [0.4, 0.5) is 0 Å². The maximum Gasteiger partial charge on any atom is 0.233 e. The van der Waals surface area contributed by atoms with Crippen LogP contribution in [-0.4, -0.2) is 31.4 Å². The van der Waals surface area contributed by atoms with Gasteiger partial charge in [0.25, 0.3) is 0 Å². The highest BCUT2D eigenvalue weighted by molar-refractivity contribution is 8.00. The molecule has 1 amide bonds. The van der Waals surface area contributed by atoms with E-state index in [4.69, 9.17) is 4.42 Å². The van der Waals surface area contributed by atoms with E-state index in [1.54, 1.807) is 17.0 Å². The van der Waals surface area contributed by atoms with Gasteiger partial charge in [-0.25, -0.2) is 0 Å². The van der Waals surface area contributed by atoms with Gasteiger partial charge in [-0.1, -0.05) is 29.5 Å². The van der Waals surface area contributed by atoms with Gasteiger partial charge < -0.3 is 9.73 Å². The number of thioether (sulfide) groups is 1. The molecule has 1 atom stereocenters. The first-order chi connectivity index (χ1) is 12.0. The number of furan rings is 1. The Morgan fingerprint density at radius 3 is 2.92 bits per heavy atom. The van der Waals surface area contributed by atoms with Crippen molar-refractivity contribution in [2.24, 2.45) is 0 Å². The fourth-order valence-corrected chi connectivity index (χ4v) is 3.21. The predicted molar refractivity (Wildman–Crippen MR) is 94.5 cm³/mol. The molecule has 25 heavy (non-hydrogen) atoms. The van der Waals surface area contributed by atoms with Crippen molar-refractivity contribution in [1.82, 2.24) is 25.5 Å². The molecule has 0 spiro atoms. The minimum absolute atomic E-state index is 0.100. The van der Waals surface area contributed by atoms with Crippen molar-refractivity contribution in [1.29, 1.82) is 0 Å². The van der Waals surface area contributed by atoms with Crippen molar-refractivity contribution in [3.63, 3.8) is 0 Å². The largest absolute Gasteiger partial charge is 0.467 e. The van der Waals surface area contributed by atoms with Crippen molar-refractivity contribution in [2.75, 3.05) is 0 Å². The zero-order chi connectivity index (χ0) is 17.8. The molecule has 0 aliphatic carbocycles. The molecule has 0 aliphatic heterocycles. The third-order valence-electron chi connectivity index (χ3n) is 3.69. The highest BCUT2D eigenvalue weighted by Crippen LogP contribution is 2.24. The van der Waals surface area contributed by atoms with Gasteiger partial charge in [0.1, 0.15) is 5.76 Å². The van der Waals surface area contributed by atoms with Crippen LogP contribution < -0.4 is 5.32 Å². The normalized spacial score (nSPS) is 12.1. The van der Waals surface area contributed by atoms with Crippen LogP contribution in [0.3, 0.4) is 0 Å². The van der Waals surface area contributed by atoms with Crippen molar-refractivity contribution < 1.29 is 9.21 Å². The fraction of sp³-hybridized carbons (Fsp3) is 0.294. The Labute approximate surface area is 149 Å². The van der Waals surface area contributed by atoms with E-state index >= 15 is 0 Å². The number of hydrogen-bond donors (Lipinski definition) is 1. The van der Waals surface area contributed by atoms with Crippen molar-refractivity contribution in [3.05, 3.63) is 53.5 Å². The Hall–Kier alpha value is -2.61. The van der Waals surface area contributed by atoms with Crippen LogP contribution in [0, 0.1) is 13.8 Å². The van der Waals surface area contributed by atoms with Gasteiger partial charge in [0.15, 0.2) is 0 Å². The van der Waals surface area contributed by atoms with Crippen LogP contribution in [0.1, 0.15) is 23.8 Å². The van der Waals surface area contributed by atoms with E-state index in [1.807, 2.05) is 39.0 Å². The summed E-state index contributed by atoms with van der Waals surface area (Å²) in [5.74, 6) is 0.613. The van der Waals surface area contributed by atoms with E-state index in [-0.39, 0.29) is 11.2 Å². The van der Waals surface area contributed by atoms with Crippen LogP contribution >= 0.6 is 11.8 Å². The van der Waals surface area contributed by atoms with Gasteiger partial charge in [0, 0.05) is 0 Å². The van der Waals surface area contributed by atoms with Gasteiger partial charge in [-0.05, 0) is 55.0 Å². The standard InChI is InChI=1S/C17H19N5O2S/c1-11-6-7-15(12(2)9-11)22-17(19-20-21-22)25-13(3)16(23)18-10-14-5-4-8-24-14/h4-9,13H,10H2,1-3H3,(H,18,23). The Morgan fingerprint density at radius 2 is 2.20 bits per heavy atom. The van der Waals surface area contributed by atoms with E-state index in [9.17, 15) is 4.79 Å². The number of tetrazole rings is 1. The molecule has 3 aromatic rings. The molecular weight excluding hydrogens is 338 g/mol. The second-order valence-corrected chi connectivity index (χ2v) is 7.03. The lowest BCUT2D eigenvalue weighted by molar-refractivity contribution is -0.120. The summed E-state index contributed by atoms with van der Waals surface area (Å²) in [6.45, 7) is 6.23. The maximum atomic E-state index is 12.3. The Balaban J connectivity index is 1.69. The second kappa shape index (κ2) is 7.52. The molecule has 0 fully saturated rings. The van der Waals surface area contributed by atoms with Gasteiger partial charge in [-0.2, -0.15) is 4.68 Å². The molecule has 1 N–H and O–H groups in total. The van der Waals surface area contributed by atoms with Crippen LogP contribution in [0.2, 0.25) is 0 Å². The lowest BCUT2D eigenvalue weighted by atomic mass is 10.1. The Kier molecular flexibility index (Phi) is 5.18. The average molecular weight is 357 g/mol. The van der Waals surface area contributed by atoms with Crippen molar-refractivity contribution in [2.45, 2.75) is 37.7 Å². The molecule has 0 aliphatic rings. The van der Waals surface area contributed by atoms with Crippen LogP contribution in [0.5, 0.6) is 0 Å². The first-order valence-corrected chi connectivity index (χ1v) is 8.75. The van der Waals surface area contributed by atoms with Gasteiger partial charge in [0.2, 0.25) is 11.1 Å². The van der Waals surface area contributed by atoms with Crippen molar-refractivity contribution in [3.8, 4) is 5.69 Å². The lowest BCUT2D eigenvalue weighted by Crippen LogP contribution is -2.30.